The van der Waals surface area contributed by atoms with Gasteiger partial charge in [-0.1, -0.05) is 33.1 Å². The average molecular weight is 241 g/mol. The first-order valence-electron chi connectivity index (χ1n) is 7.66. The molecule has 1 aliphatic rings. The van der Waals surface area contributed by atoms with Crippen LogP contribution >= 0.6 is 0 Å². The van der Waals surface area contributed by atoms with E-state index in [9.17, 15) is 0 Å². The average Bonchev–Trinajstić information content (AvgIpc) is 3.13. The van der Waals surface area contributed by atoms with Crippen LogP contribution in [0.15, 0.2) is 0 Å². The summed E-state index contributed by atoms with van der Waals surface area (Å²) in [4.78, 5) is 0. The summed E-state index contributed by atoms with van der Waals surface area (Å²) in [6, 6.07) is 0.579. The van der Waals surface area contributed by atoms with Gasteiger partial charge in [0.15, 0.2) is 0 Å². The van der Waals surface area contributed by atoms with E-state index in [1.807, 2.05) is 0 Å². The third kappa shape index (κ3) is 6.42. The molecule has 0 radical (unpaired) electrons. The molecule has 1 rings (SSSR count). The van der Waals surface area contributed by atoms with Crippen molar-refractivity contribution < 1.29 is 4.74 Å². The molecular weight excluding hydrogens is 210 g/mol. The Labute approximate surface area is 108 Å². The lowest BCUT2D eigenvalue weighted by atomic mass is 9.99. The van der Waals surface area contributed by atoms with Crippen molar-refractivity contribution in [2.24, 2.45) is 5.92 Å². The first-order chi connectivity index (χ1) is 8.31. The summed E-state index contributed by atoms with van der Waals surface area (Å²) in [6.45, 7) is 8.58. The SMILES string of the molecule is CCCNC(CCC1CC1)C(CCC)OCC. The Balaban J connectivity index is 2.36. The lowest BCUT2D eigenvalue weighted by Gasteiger charge is -2.28. The Kier molecular flexibility index (Phi) is 7.87. The predicted molar refractivity (Wildman–Crippen MR) is 74.4 cm³/mol. The first kappa shape index (κ1) is 15.0. The van der Waals surface area contributed by atoms with Crippen LogP contribution in [0.3, 0.4) is 0 Å². The summed E-state index contributed by atoms with van der Waals surface area (Å²) < 4.78 is 5.93. The second-order valence-electron chi connectivity index (χ2n) is 5.36. The molecule has 1 N–H and O–H groups in total. The minimum absolute atomic E-state index is 0.426. The van der Waals surface area contributed by atoms with Gasteiger partial charge in [-0.2, -0.15) is 0 Å². The van der Waals surface area contributed by atoms with E-state index < -0.39 is 0 Å². The standard InChI is InChI=1S/C15H31NO/c1-4-7-15(17-6-3)14(16-12-5-2)11-10-13-8-9-13/h13-16H,4-12H2,1-3H3. The molecule has 17 heavy (non-hydrogen) atoms. The number of rotatable bonds is 11. The van der Waals surface area contributed by atoms with Crippen molar-refractivity contribution in [1.82, 2.24) is 5.32 Å². The smallest absolute Gasteiger partial charge is 0.0727 e. The minimum atomic E-state index is 0.426. The number of hydrogen-bond donors (Lipinski definition) is 1. The van der Waals surface area contributed by atoms with Crippen molar-refractivity contribution in [3.63, 3.8) is 0 Å². The molecule has 0 aromatic carbocycles. The summed E-state index contributed by atoms with van der Waals surface area (Å²) in [5.41, 5.74) is 0. The molecule has 2 unspecified atom stereocenters. The molecule has 2 nitrogen and oxygen atoms in total. The van der Waals surface area contributed by atoms with Gasteiger partial charge in [-0.3, -0.25) is 0 Å². The third-order valence-corrected chi connectivity index (χ3v) is 3.64. The number of nitrogens with one attached hydrogen (secondary N) is 1. The van der Waals surface area contributed by atoms with Crippen LogP contribution in [0.2, 0.25) is 0 Å². The Morgan fingerprint density at radius 1 is 1.12 bits per heavy atom. The van der Waals surface area contributed by atoms with Crippen molar-refractivity contribution >= 4 is 0 Å². The van der Waals surface area contributed by atoms with Crippen LogP contribution < -0.4 is 5.32 Å². The quantitative estimate of drug-likeness (QED) is 0.595. The minimum Gasteiger partial charge on any atom is -0.377 e. The maximum Gasteiger partial charge on any atom is 0.0727 e. The van der Waals surface area contributed by atoms with Crippen LogP contribution in [0.5, 0.6) is 0 Å². The fourth-order valence-electron chi connectivity index (χ4n) is 2.47. The Morgan fingerprint density at radius 2 is 1.88 bits per heavy atom. The monoisotopic (exact) mass is 241 g/mol. The van der Waals surface area contributed by atoms with Crippen LogP contribution in [0.25, 0.3) is 0 Å². The van der Waals surface area contributed by atoms with Crippen LogP contribution in [-0.2, 0) is 4.74 Å². The molecule has 0 spiro atoms. The molecule has 0 aromatic heterocycles. The Bertz CT molecular complexity index is 174. The van der Waals surface area contributed by atoms with Gasteiger partial charge in [0.2, 0.25) is 0 Å². The van der Waals surface area contributed by atoms with E-state index in [0.717, 1.165) is 19.1 Å². The van der Waals surface area contributed by atoms with Crippen LogP contribution in [-0.4, -0.2) is 25.3 Å². The molecule has 1 aliphatic carbocycles. The highest BCUT2D eigenvalue weighted by molar-refractivity contribution is 4.81. The third-order valence-electron chi connectivity index (χ3n) is 3.64. The normalized spacial score (nSPS) is 19.2. The van der Waals surface area contributed by atoms with Crippen molar-refractivity contribution in [2.45, 2.75) is 77.9 Å². The second kappa shape index (κ2) is 8.93. The van der Waals surface area contributed by atoms with Gasteiger partial charge in [0.05, 0.1) is 6.10 Å². The van der Waals surface area contributed by atoms with Crippen LogP contribution in [0.1, 0.15) is 65.7 Å². The summed E-state index contributed by atoms with van der Waals surface area (Å²) in [5, 5.41) is 3.70. The van der Waals surface area contributed by atoms with Crippen molar-refractivity contribution in [3.05, 3.63) is 0 Å². The number of ether oxygens (including phenoxy) is 1. The zero-order valence-corrected chi connectivity index (χ0v) is 12.0. The highest BCUT2D eigenvalue weighted by Gasteiger charge is 2.26. The lowest BCUT2D eigenvalue weighted by Crippen LogP contribution is -2.42. The zero-order chi connectivity index (χ0) is 12.5. The highest BCUT2D eigenvalue weighted by Crippen LogP contribution is 2.34. The van der Waals surface area contributed by atoms with Gasteiger partial charge < -0.3 is 10.1 Å². The van der Waals surface area contributed by atoms with Gasteiger partial charge in [0.25, 0.3) is 0 Å². The molecule has 0 aromatic rings. The molecule has 0 bridgehead atoms. The fraction of sp³-hybridized carbons (Fsp3) is 1.00. The molecule has 0 amide bonds. The van der Waals surface area contributed by atoms with Crippen LogP contribution in [0, 0.1) is 5.92 Å². The maximum atomic E-state index is 5.93. The van der Waals surface area contributed by atoms with Gasteiger partial charge in [-0.25, -0.2) is 0 Å². The van der Waals surface area contributed by atoms with E-state index in [2.05, 4.69) is 26.1 Å². The number of hydrogen-bond acceptors (Lipinski definition) is 2. The molecule has 2 heteroatoms. The summed E-state index contributed by atoms with van der Waals surface area (Å²) in [7, 11) is 0. The molecule has 102 valence electrons. The van der Waals surface area contributed by atoms with Crippen molar-refractivity contribution in [1.29, 1.82) is 0 Å². The Morgan fingerprint density at radius 3 is 2.41 bits per heavy atom. The maximum absolute atomic E-state index is 5.93. The fourth-order valence-corrected chi connectivity index (χ4v) is 2.47. The van der Waals surface area contributed by atoms with E-state index in [-0.39, 0.29) is 0 Å². The molecule has 0 aliphatic heterocycles. The summed E-state index contributed by atoms with van der Waals surface area (Å²) in [6.07, 6.45) is 9.68. The van der Waals surface area contributed by atoms with Crippen molar-refractivity contribution in [3.8, 4) is 0 Å². The second-order valence-corrected chi connectivity index (χ2v) is 5.36. The van der Waals surface area contributed by atoms with E-state index >= 15 is 0 Å². The van der Waals surface area contributed by atoms with Gasteiger partial charge in [0, 0.05) is 12.6 Å². The van der Waals surface area contributed by atoms with Crippen LogP contribution in [0.4, 0.5) is 0 Å². The summed E-state index contributed by atoms with van der Waals surface area (Å²) in [5.74, 6) is 1.03. The van der Waals surface area contributed by atoms with Gasteiger partial charge in [-0.05, 0) is 45.1 Å². The topological polar surface area (TPSA) is 21.3 Å². The van der Waals surface area contributed by atoms with E-state index in [0.29, 0.717) is 12.1 Å². The van der Waals surface area contributed by atoms with Crippen molar-refractivity contribution in [2.75, 3.05) is 13.2 Å². The molecule has 0 saturated heterocycles. The molecule has 0 heterocycles. The lowest BCUT2D eigenvalue weighted by molar-refractivity contribution is 0.0251. The molecular formula is C15H31NO. The van der Waals surface area contributed by atoms with Gasteiger partial charge in [0.1, 0.15) is 0 Å². The highest BCUT2D eigenvalue weighted by atomic mass is 16.5. The molecule has 1 saturated carbocycles. The van der Waals surface area contributed by atoms with E-state index in [1.165, 1.54) is 44.9 Å². The largest absolute Gasteiger partial charge is 0.377 e. The van der Waals surface area contributed by atoms with Gasteiger partial charge >= 0.3 is 0 Å². The molecule has 2 atom stereocenters. The zero-order valence-electron chi connectivity index (χ0n) is 12.0. The Hall–Kier alpha value is -0.0800. The first-order valence-corrected chi connectivity index (χ1v) is 7.66. The molecule has 1 fully saturated rings. The van der Waals surface area contributed by atoms with E-state index in [1.54, 1.807) is 0 Å². The van der Waals surface area contributed by atoms with E-state index in [4.69, 9.17) is 4.74 Å². The summed E-state index contributed by atoms with van der Waals surface area (Å²) >= 11 is 0. The predicted octanol–water partition coefficient (Wildman–Crippen LogP) is 3.75. The van der Waals surface area contributed by atoms with Gasteiger partial charge in [-0.15, -0.1) is 0 Å².